The molecule has 0 aromatic heterocycles. The lowest BCUT2D eigenvalue weighted by Gasteiger charge is -2.42. The standard InChI is InChI=1S/C21H32N2O2.ClH/c1-15(2)13-16-5-7-17(8-6-16)18(24)9-10-20(25)23-12-11-19(22)21(3,4)14-23;/h5-8,15,19H,9-14,22H2,1-4H3;1H. The molecule has 26 heavy (non-hydrogen) atoms. The monoisotopic (exact) mass is 380 g/mol. The number of rotatable bonds is 6. The third-order valence-electron chi connectivity index (χ3n) is 5.15. The van der Waals surface area contributed by atoms with Crippen molar-refractivity contribution in [3.05, 3.63) is 35.4 Å². The largest absolute Gasteiger partial charge is 0.342 e. The van der Waals surface area contributed by atoms with Crippen LogP contribution in [0.3, 0.4) is 0 Å². The van der Waals surface area contributed by atoms with Gasteiger partial charge < -0.3 is 10.6 Å². The number of likely N-dealkylation sites (tertiary alicyclic amines) is 1. The van der Waals surface area contributed by atoms with Crippen molar-refractivity contribution in [2.45, 2.75) is 59.4 Å². The Morgan fingerprint density at radius 1 is 1.19 bits per heavy atom. The van der Waals surface area contributed by atoms with Gasteiger partial charge in [0.2, 0.25) is 5.91 Å². The van der Waals surface area contributed by atoms with E-state index >= 15 is 0 Å². The maximum atomic E-state index is 12.4. The van der Waals surface area contributed by atoms with Crippen molar-refractivity contribution < 1.29 is 9.59 Å². The molecular formula is C21H33ClN2O2. The van der Waals surface area contributed by atoms with Crippen LogP contribution < -0.4 is 5.73 Å². The first kappa shape index (κ1) is 22.7. The van der Waals surface area contributed by atoms with E-state index in [1.807, 2.05) is 29.2 Å². The van der Waals surface area contributed by atoms with Crippen LogP contribution in [0.1, 0.15) is 62.9 Å². The van der Waals surface area contributed by atoms with Crippen LogP contribution in [0.4, 0.5) is 0 Å². The molecule has 1 fully saturated rings. The normalized spacial score (nSPS) is 19.2. The van der Waals surface area contributed by atoms with E-state index < -0.39 is 0 Å². The van der Waals surface area contributed by atoms with Crippen LogP contribution >= 0.6 is 12.4 Å². The van der Waals surface area contributed by atoms with Crippen molar-refractivity contribution >= 4 is 24.1 Å². The number of carbonyl (C=O) groups is 2. The Morgan fingerprint density at radius 2 is 1.81 bits per heavy atom. The van der Waals surface area contributed by atoms with Gasteiger partial charge in [0.05, 0.1) is 0 Å². The van der Waals surface area contributed by atoms with E-state index in [-0.39, 0.29) is 48.4 Å². The molecule has 0 aliphatic carbocycles. The summed E-state index contributed by atoms with van der Waals surface area (Å²) in [5, 5.41) is 0. The molecule has 1 amide bonds. The Labute approximate surface area is 163 Å². The maximum Gasteiger partial charge on any atom is 0.223 e. The lowest BCUT2D eigenvalue weighted by atomic mass is 9.79. The summed E-state index contributed by atoms with van der Waals surface area (Å²) in [6.07, 6.45) is 2.38. The summed E-state index contributed by atoms with van der Waals surface area (Å²) < 4.78 is 0. The van der Waals surface area contributed by atoms with E-state index in [2.05, 4.69) is 27.7 Å². The van der Waals surface area contributed by atoms with Crippen molar-refractivity contribution in [1.82, 2.24) is 4.90 Å². The number of hydrogen-bond acceptors (Lipinski definition) is 3. The number of piperidine rings is 1. The Hall–Kier alpha value is -1.39. The first-order valence-corrected chi connectivity index (χ1v) is 9.34. The highest BCUT2D eigenvalue weighted by molar-refractivity contribution is 5.98. The molecule has 1 atom stereocenters. The van der Waals surface area contributed by atoms with Gasteiger partial charge in [-0.1, -0.05) is 52.0 Å². The van der Waals surface area contributed by atoms with E-state index in [9.17, 15) is 9.59 Å². The summed E-state index contributed by atoms with van der Waals surface area (Å²) in [5.74, 6) is 0.697. The quantitative estimate of drug-likeness (QED) is 0.762. The summed E-state index contributed by atoms with van der Waals surface area (Å²) in [6.45, 7) is 9.92. The van der Waals surface area contributed by atoms with Crippen molar-refractivity contribution in [2.75, 3.05) is 13.1 Å². The molecule has 1 aromatic rings. The fourth-order valence-corrected chi connectivity index (χ4v) is 3.41. The van der Waals surface area contributed by atoms with Crippen molar-refractivity contribution in [1.29, 1.82) is 0 Å². The fourth-order valence-electron chi connectivity index (χ4n) is 3.41. The number of ketones is 1. The number of benzene rings is 1. The predicted molar refractivity (Wildman–Crippen MR) is 109 cm³/mol. The molecule has 0 radical (unpaired) electrons. The first-order valence-electron chi connectivity index (χ1n) is 9.34. The van der Waals surface area contributed by atoms with Gasteiger partial charge in [-0.15, -0.1) is 12.4 Å². The molecule has 4 nitrogen and oxygen atoms in total. The van der Waals surface area contributed by atoms with Crippen molar-refractivity contribution in [2.24, 2.45) is 17.1 Å². The Morgan fingerprint density at radius 3 is 2.35 bits per heavy atom. The van der Waals surface area contributed by atoms with Crippen LogP contribution in [0.25, 0.3) is 0 Å². The van der Waals surface area contributed by atoms with Gasteiger partial charge in [-0.25, -0.2) is 0 Å². The van der Waals surface area contributed by atoms with E-state index in [1.165, 1.54) is 5.56 Å². The Kier molecular flexibility index (Phi) is 8.29. The number of halogens is 1. The Balaban J connectivity index is 0.00000338. The lowest BCUT2D eigenvalue weighted by molar-refractivity contribution is -0.134. The zero-order chi connectivity index (χ0) is 18.6. The Bertz CT molecular complexity index is 611. The molecule has 0 spiro atoms. The molecule has 1 aromatic carbocycles. The van der Waals surface area contributed by atoms with Crippen LogP contribution in [0.5, 0.6) is 0 Å². The van der Waals surface area contributed by atoms with Crippen LogP contribution in [0, 0.1) is 11.3 Å². The highest BCUT2D eigenvalue weighted by Crippen LogP contribution is 2.28. The number of nitrogens with zero attached hydrogens (tertiary/aromatic N) is 1. The average molecular weight is 381 g/mol. The summed E-state index contributed by atoms with van der Waals surface area (Å²) >= 11 is 0. The minimum absolute atomic E-state index is 0. The molecule has 146 valence electrons. The minimum Gasteiger partial charge on any atom is -0.342 e. The second kappa shape index (κ2) is 9.52. The minimum atomic E-state index is -0.0653. The van der Waals surface area contributed by atoms with Gasteiger partial charge >= 0.3 is 0 Å². The average Bonchev–Trinajstić information content (AvgIpc) is 2.55. The molecule has 5 heteroatoms. The second-order valence-electron chi connectivity index (χ2n) is 8.42. The van der Waals surface area contributed by atoms with E-state index in [4.69, 9.17) is 5.73 Å². The molecule has 2 N–H and O–H groups in total. The van der Waals surface area contributed by atoms with E-state index in [1.54, 1.807) is 0 Å². The van der Waals surface area contributed by atoms with Gasteiger partial charge in [0.15, 0.2) is 5.78 Å². The number of amides is 1. The van der Waals surface area contributed by atoms with E-state index in [0.717, 1.165) is 12.8 Å². The fraction of sp³-hybridized carbons (Fsp3) is 0.619. The molecule has 2 rings (SSSR count). The van der Waals surface area contributed by atoms with Gasteiger partial charge in [0, 0.05) is 37.5 Å². The highest BCUT2D eigenvalue weighted by Gasteiger charge is 2.35. The molecule has 1 heterocycles. The smallest absolute Gasteiger partial charge is 0.223 e. The number of Topliss-reactive ketones (excluding diaryl/α,β-unsaturated/α-hetero) is 1. The summed E-state index contributed by atoms with van der Waals surface area (Å²) in [7, 11) is 0. The number of carbonyl (C=O) groups excluding carboxylic acids is 2. The van der Waals surface area contributed by atoms with Gasteiger partial charge in [-0.3, -0.25) is 9.59 Å². The van der Waals surface area contributed by atoms with Crippen LogP contribution in [0.2, 0.25) is 0 Å². The first-order chi connectivity index (χ1) is 11.7. The summed E-state index contributed by atoms with van der Waals surface area (Å²) in [5.41, 5.74) is 8.00. The molecule has 1 aliphatic rings. The highest BCUT2D eigenvalue weighted by atomic mass is 35.5. The molecule has 1 aliphatic heterocycles. The number of hydrogen-bond donors (Lipinski definition) is 1. The molecule has 1 unspecified atom stereocenters. The molecule has 0 saturated carbocycles. The predicted octanol–water partition coefficient (Wildman–Crippen LogP) is 3.86. The third kappa shape index (κ3) is 6.10. The van der Waals surface area contributed by atoms with Crippen LogP contribution in [-0.4, -0.2) is 35.7 Å². The maximum absolute atomic E-state index is 12.4. The second-order valence-corrected chi connectivity index (χ2v) is 8.42. The van der Waals surface area contributed by atoms with Crippen LogP contribution in [-0.2, 0) is 11.2 Å². The zero-order valence-corrected chi connectivity index (χ0v) is 17.3. The van der Waals surface area contributed by atoms with Crippen molar-refractivity contribution in [3.8, 4) is 0 Å². The lowest BCUT2D eigenvalue weighted by Crippen LogP contribution is -2.54. The van der Waals surface area contributed by atoms with Crippen LogP contribution in [0.15, 0.2) is 24.3 Å². The zero-order valence-electron chi connectivity index (χ0n) is 16.5. The van der Waals surface area contributed by atoms with Gasteiger partial charge in [0.25, 0.3) is 0 Å². The molecule has 1 saturated heterocycles. The SMILES string of the molecule is CC(C)Cc1ccc(C(=O)CCC(=O)N2CCC(N)C(C)(C)C2)cc1.Cl. The summed E-state index contributed by atoms with van der Waals surface area (Å²) in [4.78, 5) is 26.7. The van der Waals surface area contributed by atoms with E-state index in [0.29, 0.717) is 24.6 Å². The third-order valence-corrected chi connectivity index (χ3v) is 5.15. The number of nitrogens with two attached hydrogens (primary N) is 1. The van der Waals surface area contributed by atoms with Gasteiger partial charge in [-0.05, 0) is 29.7 Å². The topological polar surface area (TPSA) is 63.4 Å². The molecular weight excluding hydrogens is 348 g/mol. The van der Waals surface area contributed by atoms with Crippen molar-refractivity contribution in [3.63, 3.8) is 0 Å². The van der Waals surface area contributed by atoms with Gasteiger partial charge in [0.1, 0.15) is 0 Å². The summed E-state index contributed by atoms with van der Waals surface area (Å²) in [6, 6.07) is 7.93. The van der Waals surface area contributed by atoms with Gasteiger partial charge in [-0.2, -0.15) is 0 Å². The molecule has 0 bridgehead atoms.